The summed E-state index contributed by atoms with van der Waals surface area (Å²) < 4.78 is 218. The van der Waals surface area contributed by atoms with Gasteiger partial charge in [0, 0.05) is 11.8 Å². The van der Waals surface area contributed by atoms with Crippen molar-refractivity contribution in [2.24, 2.45) is 11.8 Å². The average molecular weight is 590 g/mol. The molecule has 1 rings (SSSR count). The van der Waals surface area contributed by atoms with Gasteiger partial charge < -0.3 is 14.9 Å². The van der Waals surface area contributed by atoms with Crippen molar-refractivity contribution in [3.8, 4) is 0 Å². The van der Waals surface area contributed by atoms with Crippen LogP contribution in [0.3, 0.4) is 0 Å². The molecule has 2 atom stereocenters. The van der Waals surface area contributed by atoms with Crippen molar-refractivity contribution in [3.63, 3.8) is 0 Å². The van der Waals surface area contributed by atoms with E-state index >= 15 is 0 Å². The molecule has 0 heterocycles. The van der Waals surface area contributed by atoms with Crippen molar-refractivity contribution in [2.75, 3.05) is 0 Å². The SMILES string of the molecule is O=C(OC1CC(C(O)(C(F)(F)F)C(F)(F)F)CC(C(O)(C(F)(F)F)C(F)(F)F)C1)C(F)(F)S(=O)(=O)O. The summed E-state index contributed by atoms with van der Waals surface area (Å²) in [5.41, 5.74) is -12.2. The van der Waals surface area contributed by atoms with Crippen molar-refractivity contribution in [1.29, 1.82) is 0 Å². The second-order valence-electron chi connectivity index (χ2n) is 7.64. The first-order chi connectivity index (χ1) is 15.5. The smallest absolute Gasteiger partial charge is 0.457 e. The number of ether oxygens (including phenoxy) is 1. The molecule has 1 aliphatic carbocycles. The molecule has 1 aliphatic rings. The number of hydrogen-bond acceptors (Lipinski definition) is 6. The minimum absolute atomic E-state index is 2.19. The van der Waals surface area contributed by atoms with Gasteiger partial charge in [0.15, 0.2) is 0 Å². The summed E-state index contributed by atoms with van der Waals surface area (Å²) in [6.07, 6.45) is -37.7. The molecule has 1 fully saturated rings. The third-order valence-electron chi connectivity index (χ3n) is 5.41. The van der Waals surface area contributed by atoms with E-state index in [1.165, 1.54) is 0 Å². The Morgan fingerprint density at radius 2 is 0.917 bits per heavy atom. The Kier molecular flexibility index (Phi) is 8.05. The highest BCUT2D eigenvalue weighted by molar-refractivity contribution is 7.87. The highest BCUT2D eigenvalue weighted by atomic mass is 32.2. The van der Waals surface area contributed by atoms with E-state index in [1.807, 2.05) is 0 Å². The second kappa shape index (κ2) is 8.96. The number of aliphatic hydroxyl groups is 2. The molecule has 0 aliphatic heterocycles. The first-order valence-electron chi connectivity index (χ1n) is 8.73. The predicted molar refractivity (Wildman–Crippen MR) is 81.3 cm³/mol. The molecule has 0 radical (unpaired) electrons. The van der Waals surface area contributed by atoms with Crippen LogP contribution in [0, 0.1) is 11.8 Å². The third kappa shape index (κ3) is 5.30. The third-order valence-corrected chi connectivity index (χ3v) is 6.22. The quantitative estimate of drug-likeness (QED) is 0.255. The minimum atomic E-state index is -6.88. The fourth-order valence-corrected chi connectivity index (χ4v) is 3.88. The van der Waals surface area contributed by atoms with E-state index in [4.69, 9.17) is 4.55 Å². The molecule has 0 amide bonds. The number of alkyl halides is 14. The van der Waals surface area contributed by atoms with Crippen LogP contribution in [0.25, 0.3) is 0 Å². The van der Waals surface area contributed by atoms with E-state index in [2.05, 4.69) is 4.74 Å². The number of carbonyl (C=O) groups is 1. The molecule has 214 valence electrons. The summed E-state index contributed by atoms with van der Waals surface area (Å²) in [5, 5.41) is 12.8. The van der Waals surface area contributed by atoms with Gasteiger partial charge in [0.2, 0.25) is 0 Å². The largest absolute Gasteiger partial charge is 0.465 e. The summed E-state index contributed by atoms with van der Waals surface area (Å²) in [6, 6.07) is 0. The molecule has 22 heteroatoms. The van der Waals surface area contributed by atoms with Crippen molar-refractivity contribution in [1.82, 2.24) is 0 Å². The van der Waals surface area contributed by atoms with Crippen LogP contribution in [0.4, 0.5) is 61.5 Å². The molecule has 0 bridgehead atoms. The maximum atomic E-state index is 13.4. The van der Waals surface area contributed by atoms with Gasteiger partial charge in [-0.1, -0.05) is 0 Å². The molecular formula is C14H12F14O7S. The van der Waals surface area contributed by atoms with Gasteiger partial charge in [-0.2, -0.15) is 69.9 Å². The Morgan fingerprint density at radius 1 is 0.639 bits per heavy atom. The van der Waals surface area contributed by atoms with Crippen LogP contribution in [-0.2, 0) is 19.6 Å². The van der Waals surface area contributed by atoms with Gasteiger partial charge in [0.05, 0.1) is 0 Å². The fourth-order valence-electron chi connectivity index (χ4n) is 3.62. The summed E-state index contributed by atoms with van der Waals surface area (Å²) in [6.45, 7) is 0. The molecule has 3 N–H and O–H groups in total. The molecule has 0 aromatic heterocycles. The van der Waals surface area contributed by atoms with Crippen molar-refractivity contribution in [3.05, 3.63) is 0 Å². The summed E-state index contributed by atoms with van der Waals surface area (Å²) >= 11 is 0. The number of hydrogen-bond donors (Lipinski definition) is 3. The van der Waals surface area contributed by atoms with Crippen LogP contribution in [0.2, 0.25) is 0 Å². The minimum Gasteiger partial charge on any atom is -0.457 e. The van der Waals surface area contributed by atoms with Crippen LogP contribution in [0.1, 0.15) is 19.3 Å². The van der Waals surface area contributed by atoms with Crippen molar-refractivity contribution < 1.29 is 94.2 Å². The van der Waals surface area contributed by atoms with E-state index in [9.17, 15) is 84.9 Å². The average Bonchev–Trinajstić information content (AvgIpc) is 2.61. The second-order valence-corrected chi connectivity index (χ2v) is 9.11. The number of esters is 1. The molecular weight excluding hydrogens is 578 g/mol. The summed E-state index contributed by atoms with van der Waals surface area (Å²) in [7, 11) is -6.76. The lowest BCUT2D eigenvalue weighted by molar-refractivity contribution is -0.405. The van der Waals surface area contributed by atoms with Crippen LogP contribution in [-0.4, -0.2) is 76.4 Å². The van der Waals surface area contributed by atoms with Gasteiger partial charge >= 0.3 is 46.0 Å². The van der Waals surface area contributed by atoms with Gasteiger partial charge in [-0.15, -0.1) is 0 Å². The molecule has 36 heavy (non-hydrogen) atoms. The summed E-state index contributed by atoms with van der Waals surface area (Å²) in [5.74, 6) is -11.2. The Hall–Kier alpha value is -1.68. The molecule has 0 spiro atoms. The zero-order chi connectivity index (χ0) is 29.1. The van der Waals surface area contributed by atoms with E-state index in [-0.39, 0.29) is 0 Å². The topological polar surface area (TPSA) is 121 Å². The van der Waals surface area contributed by atoms with Crippen molar-refractivity contribution in [2.45, 2.75) is 66.5 Å². The van der Waals surface area contributed by atoms with Gasteiger partial charge in [-0.25, -0.2) is 4.79 Å². The normalized spacial score (nSPS) is 24.0. The molecule has 0 saturated heterocycles. The Morgan fingerprint density at radius 3 is 1.14 bits per heavy atom. The van der Waals surface area contributed by atoms with Crippen LogP contribution >= 0.6 is 0 Å². The van der Waals surface area contributed by atoms with Crippen LogP contribution in [0.5, 0.6) is 0 Å². The molecule has 0 aromatic carbocycles. The fraction of sp³-hybridized carbons (Fsp3) is 0.929. The lowest BCUT2D eigenvalue weighted by atomic mass is 9.65. The van der Waals surface area contributed by atoms with E-state index < -0.39 is 94.5 Å². The monoisotopic (exact) mass is 590 g/mol. The molecule has 2 unspecified atom stereocenters. The highest BCUT2D eigenvalue weighted by Crippen LogP contribution is 2.58. The maximum absolute atomic E-state index is 13.4. The van der Waals surface area contributed by atoms with Crippen LogP contribution < -0.4 is 0 Å². The lowest BCUT2D eigenvalue weighted by Gasteiger charge is -2.48. The van der Waals surface area contributed by atoms with Crippen LogP contribution in [0.15, 0.2) is 0 Å². The molecule has 7 nitrogen and oxygen atoms in total. The number of halogens is 14. The Labute approximate surface area is 189 Å². The maximum Gasteiger partial charge on any atom is 0.465 e. The molecule has 0 aromatic rings. The van der Waals surface area contributed by atoms with Crippen molar-refractivity contribution >= 4 is 16.1 Å². The number of carbonyl (C=O) groups excluding carboxylic acids is 1. The standard InChI is InChI=1S/C14H12F14O7S/c15-10(16,36(32,33)34)7(29)35-6-2-4(8(30,11(17,18)19)12(20,21)22)1-5(3-6)9(31,13(23,24)25)14(26,27)28/h4-6,30-31H,1-3H2,(H,32,33,34). The molecule has 1 saturated carbocycles. The van der Waals surface area contributed by atoms with Gasteiger partial charge in [0.1, 0.15) is 6.10 Å². The first-order valence-corrected chi connectivity index (χ1v) is 10.2. The zero-order valence-corrected chi connectivity index (χ0v) is 17.3. The highest BCUT2D eigenvalue weighted by Gasteiger charge is 2.78. The lowest BCUT2D eigenvalue weighted by Crippen LogP contribution is -2.67. The van der Waals surface area contributed by atoms with Gasteiger partial charge in [0.25, 0.3) is 11.2 Å². The number of rotatable bonds is 5. The Bertz CT molecular complexity index is 860. The van der Waals surface area contributed by atoms with E-state index in [0.29, 0.717) is 0 Å². The summed E-state index contributed by atoms with van der Waals surface area (Å²) in [4.78, 5) is 11.4. The van der Waals surface area contributed by atoms with Gasteiger partial charge in [-0.3, -0.25) is 4.55 Å². The van der Waals surface area contributed by atoms with Gasteiger partial charge in [-0.05, 0) is 19.3 Å². The zero-order valence-electron chi connectivity index (χ0n) is 16.5. The Balaban J connectivity index is 3.75. The first kappa shape index (κ1) is 32.3. The van der Waals surface area contributed by atoms with E-state index in [0.717, 1.165) is 0 Å². The predicted octanol–water partition coefficient (Wildman–Crippen LogP) is 3.51. The van der Waals surface area contributed by atoms with E-state index in [1.54, 1.807) is 0 Å².